The van der Waals surface area contributed by atoms with Crippen LogP contribution in [0.15, 0.2) is 18.3 Å². The Bertz CT molecular complexity index is 432. The molecule has 2 rings (SSSR count). The van der Waals surface area contributed by atoms with E-state index in [2.05, 4.69) is 11.9 Å². The van der Waals surface area contributed by atoms with E-state index in [0.717, 1.165) is 25.1 Å². The SMILES string of the molecule is Cc1cccnc1C(=O)N1CCC(C)(CN)C1. The molecule has 1 aromatic heterocycles. The van der Waals surface area contributed by atoms with E-state index in [9.17, 15) is 4.79 Å². The topological polar surface area (TPSA) is 59.2 Å². The van der Waals surface area contributed by atoms with Crippen LogP contribution in [-0.2, 0) is 0 Å². The van der Waals surface area contributed by atoms with Crippen molar-refractivity contribution in [3.05, 3.63) is 29.6 Å². The maximum Gasteiger partial charge on any atom is 0.272 e. The third kappa shape index (κ3) is 2.31. The summed E-state index contributed by atoms with van der Waals surface area (Å²) >= 11 is 0. The lowest BCUT2D eigenvalue weighted by Gasteiger charge is -2.22. The molecule has 1 atom stereocenters. The Labute approximate surface area is 102 Å². The van der Waals surface area contributed by atoms with Crippen molar-refractivity contribution in [2.45, 2.75) is 20.3 Å². The van der Waals surface area contributed by atoms with Gasteiger partial charge in [0.25, 0.3) is 5.91 Å². The Morgan fingerprint density at radius 1 is 1.65 bits per heavy atom. The van der Waals surface area contributed by atoms with Crippen LogP contribution in [0.25, 0.3) is 0 Å². The van der Waals surface area contributed by atoms with Gasteiger partial charge in [0.05, 0.1) is 0 Å². The first-order chi connectivity index (χ1) is 8.06. The highest BCUT2D eigenvalue weighted by Gasteiger charge is 2.35. The molecule has 0 radical (unpaired) electrons. The summed E-state index contributed by atoms with van der Waals surface area (Å²) in [5.74, 6) is 0.0280. The molecule has 0 aromatic carbocycles. The first-order valence-electron chi connectivity index (χ1n) is 5.97. The van der Waals surface area contributed by atoms with Crippen LogP contribution in [0.2, 0.25) is 0 Å². The molecule has 4 nitrogen and oxygen atoms in total. The van der Waals surface area contributed by atoms with E-state index in [0.29, 0.717) is 12.2 Å². The highest BCUT2D eigenvalue weighted by atomic mass is 16.2. The van der Waals surface area contributed by atoms with Gasteiger partial charge in [0.1, 0.15) is 5.69 Å². The van der Waals surface area contributed by atoms with E-state index in [4.69, 9.17) is 5.73 Å². The zero-order chi connectivity index (χ0) is 12.5. The predicted octanol–water partition coefficient (Wildman–Crippen LogP) is 1.20. The van der Waals surface area contributed by atoms with Gasteiger partial charge in [-0.2, -0.15) is 0 Å². The summed E-state index contributed by atoms with van der Waals surface area (Å²) in [5.41, 5.74) is 7.31. The fraction of sp³-hybridized carbons (Fsp3) is 0.538. The summed E-state index contributed by atoms with van der Waals surface area (Å²) in [6, 6.07) is 3.76. The van der Waals surface area contributed by atoms with E-state index in [1.54, 1.807) is 6.20 Å². The number of pyridine rings is 1. The van der Waals surface area contributed by atoms with Crippen LogP contribution in [0.5, 0.6) is 0 Å². The van der Waals surface area contributed by atoms with Gasteiger partial charge in [0, 0.05) is 19.3 Å². The number of nitrogens with zero attached hydrogens (tertiary/aromatic N) is 2. The van der Waals surface area contributed by atoms with Gasteiger partial charge in [-0.3, -0.25) is 9.78 Å². The zero-order valence-corrected chi connectivity index (χ0v) is 10.4. The van der Waals surface area contributed by atoms with Crippen molar-refractivity contribution in [1.82, 2.24) is 9.88 Å². The van der Waals surface area contributed by atoms with Gasteiger partial charge >= 0.3 is 0 Å². The van der Waals surface area contributed by atoms with Crippen molar-refractivity contribution < 1.29 is 4.79 Å². The van der Waals surface area contributed by atoms with Crippen LogP contribution in [0.3, 0.4) is 0 Å². The fourth-order valence-electron chi connectivity index (χ4n) is 2.22. The highest BCUT2D eigenvalue weighted by molar-refractivity contribution is 5.93. The predicted molar refractivity (Wildman–Crippen MR) is 66.7 cm³/mol. The fourth-order valence-corrected chi connectivity index (χ4v) is 2.22. The largest absolute Gasteiger partial charge is 0.337 e. The molecule has 0 aliphatic carbocycles. The van der Waals surface area contributed by atoms with Crippen molar-refractivity contribution in [3.63, 3.8) is 0 Å². The number of likely N-dealkylation sites (tertiary alicyclic amines) is 1. The van der Waals surface area contributed by atoms with E-state index < -0.39 is 0 Å². The average Bonchev–Trinajstić information content (AvgIpc) is 2.73. The molecule has 1 amide bonds. The number of hydrogen-bond acceptors (Lipinski definition) is 3. The van der Waals surface area contributed by atoms with Gasteiger partial charge in [-0.25, -0.2) is 0 Å². The standard InChI is InChI=1S/C13H19N3O/c1-10-4-3-6-15-11(10)12(17)16-7-5-13(2,8-14)9-16/h3-4,6H,5,7-9,14H2,1-2H3. The second-order valence-electron chi connectivity index (χ2n) is 5.16. The smallest absolute Gasteiger partial charge is 0.272 e. The first-order valence-corrected chi connectivity index (χ1v) is 5.97. The maximum atomic E-state index is 12.3. The van der Waals surface area contributed by atoms with E-state index in [1.807, 2.05) is 24.0 Å². The van der Waals surface area contributed by atoms with Crippen molar-refractivity contribution >= 4 is 5.91 Å². The van der Waals surface area contributed by atoms with Gasteiger partial charge in [0.2, 0.25) is 0 Å². The summed E-state index contributed by atoms with van der Waals surface area (Å²) < 4.78 is 0. The van der Waals surface area contributed by atoms with Gasteiger partial charge in [-0.15, -0.1) is 0 Å². The zero-order valence-electron chi connectivity index (χ0n) is 10.4. The molecule has 1 fully saturated rings. The average molecular weight is 233 g/mol. The van der Waals surface area contributed by atoms with Crippen molar-refractivity contribution in [1.29, 1.82) is 0 Å². The summed E-state index contributed by atoms with van der Waals surface area (Å²) in [6.07, 6.45) is 2.64. The highest BCUT2D eigenvalue weighted by Crippen LogP contribution is 2.29. The number of rotatable bonds is 2. The summed E-state index contributed by atoms with van der Waals surface area (Å²) in [5, 5.41) is 0. The lowest BCUT2D eigenvalue weighted by molar-refractivity contribution is 0.0770. The van der Waals surface area contributed by atoms with Gasteiger partial charge < -0.3 is 10.6 Å². The molecule has 0 spiro atoms. The molecule has 2 N–H and O–H groups in total. The van der Waals surface area contributed by atoms with Crippen molar-refractivity contribution in [2.75, 3.05) is 19.6 Å². The number of amides is 1. The molecule has 0 saturated carbocycles. The van der Waals surface area contributed by atoms with Gasteiger partial charge in [0.15, 0.2) is 0 Å². The van der Waals surface area contributed by atoms with Gasteiger partial charge in [-0.05, 0) is 36.9 Å². The van der Waals surface area contributed by atoms with E-state index in [-0.39, 0.29) is 11.3 Å². The molecule has 92 valence electrons. The van der Waals surface area contributed by atoms with Crippen LogP contribution in [0, 0.1) is 12.3 Å². The Balaban J connectivity index is 2.15. The van der Waals surface area contributed by atoms with Crippen LogP contribution in [-0.4, -0.2) is 35.4 Å². The van der Waals surface area contributed by atoms with Crippen LogP contribution in [0.1, 0.15) is 29.4 Å². The molecule has 2 heterocycles. The quantitative estimate of drug-likeness (QED) is 0.835. The Hall–Kier alpha value is -1.42. The minimum absolute atomic E-state index is 0.0280. The van der Waals surface area contributed by atoms with Gasteiger partial charge in [-0.1, -0.05) is 13.0 Å². The monoisotopic (exact) mass is 233 g/mol. The molecule has 1 saturated heterocycles. The second kappa shape index (κ2) is 4.45. The molecule has 1 aromatic rings. The van der Waals surface area contributed by atoms with Crippen LogP contribution in [0.4, 0.5) is 0 Å². The molecule has 1 unspecified atom stereocenters. The molecule has 17 heavy (non-hydrogen) atoms. The Kier molecular flexibility index (Phi) is 3.15. The molecular weight excluding hydrogens is 214 g/mol. The van der Waals surface area contributed by atoms with Crippen molar-refractivity contribution in [2.24, 2.45) is 11.1 Å². The number of nitrogens with two attached hydrogens (primary N) is 1. The van der Waals surface area contributed by atoms with Crippen LogP contribution < -0.4 is 5.73 Å². The number of carbonyl (C=O) groups excluding carboxylic acids is 1. The maximum absolute atomic E-state index is 12.3. The summed E-state index contributed by atoms with van der Waals surface area (Å²) in [4.78, 5) is 18.3. The molecular formula is C13H19N3O. The number of aryl methyl sites for hydroxylation is 1. The number of aromatic nitrogens is 1. The second-order valence-corrected chi connectivity index (χ2v) is 5.16. The molecule has 1 aliphatic rings. The third-order valence-corrected chi connectivity index (χ3v) is 3.55. The minimum atomic E-state index is 0.0280. The molecule has 4 heteroatoms. The number of hydrogen-bond donors (Lipinski definition) is 1. The molecule has 0 bridgehead atoms. The van der Waals surface area contributed by atoms with Crippen molar-refractivity contribution in [3.8, 4) is 0 Å². The minimum Gasteiger partial charge on any atom is -0.337 e. The first kappa shape index (κ1) is 12.0. The molecule has 1 aliphatic heterocycles. The Morgan fingerprint density at radius 3 is 3.00 bits per heavy atom. The summed E-state index contributed by atoms with van der Waals surface area (Å²) in [6.45, 7) is 6.18. The lowest BCUT2D eigenvalue weighted by atomic mass is 9.90. The van der Waals surface area contributed by atoms with E-state index >= 15 is 0 Å². The Morgan fingerprint density at radius 2 is 2.41 bits per heavy atom. The normalized spacial score (nSPS) is 24.1. The number of carbonyl (C=O) groups is 1. The summed E-state index contributed by atoms with van der Waals surface area (Å²) in [7, 11) is 0. The van der Waals surface area contributed by atoms with Crippen LogP contribution >= 0.6 is 0 Å². The third-order valence-electron chi connectivity index (χ3n) is 3.55. The van der Waals surface area contributed by atoms with E-state index in [1.165, 1.54) is 0 Å². The lowest BCUT2D eigenvalue weighted by Crippen LogP contribution is -2.35.